The monoisotopic (exact) mass is 376 g/mol. The van der Waals surface area contributed by atoms with Crippen LogP contribution in [0.15, 0.2) is 46.9 Å². The summed E-state index contributed by atoms with van der Waals surface area (Å²) in [4.78, 5) is 10.8. The van der Waals surface area contributed by atoms with Gasteiger partial charge >= 0.3 is 5.97 Å². The minimum Gasteiger partial charge on any atom is -0.490 e. The highest BCUT2D eigenvalue weighted by Gasteiger charge is 2.01. The SMILES string of the molecule is CC(=O)Oc1ccc(C#Cc2ccc(OCCF)c(Br)c2)cc1. The van der Waals surface area contributed by atoms with Crippen LogP contribution in [-0.2, 0) is 4.79 Å². The second kappa shape index (κ2) is 8.35. The van der Waals surface area contributed by atoms with Crippen molar-refractivity contribution in [2.75, 3.05) is 13.3 Å². The molecule has 0 aromatic heterocycles. The van der Waals surface area contributed by atoms with Crippen LogP contribution in [0.5, 0.6) is 11.5 Å². The summed E-state index contributed by atoms with van der Waals surface area (Å²) in [5, 5.41) is 0. The molecule has 5 heteroatoms. The largest absolute Gasteiger partial charge is 0.490 e. The van der Waals surface area contributed by atoms with E-state index >= 15 is 0 Å². The number of esters is 1. The van der Waals surface area contributed by atoms with Crippen LogP contribution in [-0.4, -0.2) is 19.3 Å². The summed E-state index contributed by atoms with van der Waals surface area (Å²) in [6.07, 6.45) is 0. The maximum absolute atomic E-state index is 12.1. The number of hydrogen-bond acceptors (Lipinski definition) is 3. The van der Waals surface area contributed by atoms with E-state index in [4.69, 9.17) is 9.47 Å². The Bertz CT molecular complexity index is 745. The molecule has 0 saturated heterocycles. The van der Waals surface area contributed by atoms with Gasteiger partial charge in [-0.15, -0.1) is 0 Å². The summed E-state index contributed by atoms with van der Waals surface area (Å²) in [5.74, 6) is 6.76. The lowest BCUT2D eigenvalue weighted by atomic mass is 10.2. The first-order chi connectivity index (χ1) is 11.1. The van der Waals surface area contributed by atoms with Gasteiger partial charge in [-0.25, -0.2) is 4.39 Å². The topological polar surface area (TPSA) is 35.5 Å². The van der Waals surface area contributed by atoms with Crippen molar-refractivity contribution in [2.24, 2.45) is 0 Å². The molecule has 0 N–H and O–H groups in total. The van der Waals surface area contributed by atoms with E-state index in [9.17, 15) is 9.18 Å². The Morgan fingerprint density at radius 3 is 2.39 bits per heavy atom. The van der Waals surface area contributed by atoms with Crippen molar-refractivity contribution in [1.29, 1.82) is 0 Å². The van der Waals surface area contributed by atoms with Gasteiger partial charge < -0.3 is 9.47 Å². The highest BCUT2D eigenvalue weighted by atomic mass is 79.9. The van der Waals surface area contributed by atoms with Crippen molar-refractivity contribution in [3.63, 3.8) is 0 Å². The zero-order valence-corrected chi connectivity index (χ0v) is 14.0. The third-order valence-corrected chi connectivity index (χ3v) is 3.35. The van der Waals surface area contributed by atoms with Crippen LogP contribution in [0.2, 0.25) is 0 Å². The number of halogens is 2. The Morgan fingerprint density at radius 2 is 1.78 bits per heavy atom. The van der Waals surface area contributed by atoms with Gasteiger partial charge in [-0.1, -0.05) is 11.8 Å². The van der Waals surface area contributed by atoms with Crippen LogP contribution in [0.1, 0.15) is 18.1 Å². The molecule has 2 rings (SSSR count). The molecule has 0 saturated carbocycles. The molecule has 0 heterocycles. The summed E-state index contributed by atoms with van der Waals surface area (Å²) in [5.41, 5.74) is 1.60. The molecule has 2 aromatic rings. The molecule has 0 unspecified atom stereocenters. The first-order valence-corrected chi connectivity index (χ1v) is 7.66. The Labute approximate surface area is 142 Å². The van der Waals surface area contributed by atoms with Gasteiger partial charge in [-0.2, -0.15) is 0 Å². The molecular weight excluding hydrogens is 363 g/mol. The molecular formula is C18H14BrFO3. The lowest BCUT2D eigenvalue weighted by Gasteiger charge is -2.05. The van der Waals surface area contributed by atoms with Gasteiger partial charge in [0.2, 0.25) is 0 Å². The minimum atomic E-state index is -0.530. The number of carbonyl (C=O) groups is 1. The maximum Gasteiger partial charge on any atom is 0.308 e. The van der Waals surface area contributed by atoms with E-state index in [1.807, 2.05) is 6.07 Å². The van der Waals surface area contributed by atoms with Crippen LogP contribution < -0.4 is 9.47 Å². The van der Waals surface area contributed by atoms with Crippen molar-refractivity contribution in [3.8, 4) is 23.3 Å². The smallest absolute Gasteiger partial charge is 0.308 e. The average Bonchev–Trinajstić information content (AvgIpc) is 2.53. The molecule has 0 aliphatic heterocycles. The summed E-state index contributed by atoms with van der Waals surface area (Å²) < 4.78 is 23.0. The van der Waals surface area contributed by atoms with E-state index in [1.165, 1.54) is 6.92 Å². The normalized spacial score (nSPS) is 9.70. The van der Waals surface area contributed by atoms with Crippen LogP contribution in [0.3, 0.4) is 0 Å². The highest BCUT2D eigenvalue weighted by molar-refractivity contribution is 9.10. The first kappa shape index (κ1) is 17.0. The fraction of sp³-hybridized carbons (Fsp3) is 0.167. The van der Waals surface area contributed by atoms with Crippen molar-refractivity contribution in [3.05, 3.63) is 58.1 Å². The van der Waals surface area contributed by atoms with Gasteiger partial charge in [0.25, 0.3) is 0 Å². The second-order valence-electron chi connectivity index (χ2n) is 4.55. The molecule has 0 aliphatic carbocycles. The predicted octanol–water partition coefficient (Wildman–Crippen LogP) is 4.12. The van der Waals surface area contributed by atoms with Gasteiger partial charge in [-0.3, -0.25) is 4.79 Å². The number of carbonyl (C=O) groups excluding carboxylic acids is 1. The Hall–Kier alpha value is -2.32. The van der Waals surface area contributed by atoms with Crippen LogP contribution >= 0.6 is 15.9 Å². The Morgan fingerprint density at radius 1 is 1.13 bits per heavy atom. The van der Waals surface area contributed by atoms with E-state index in [-0.39, 0.29) is 12.6 Å². The molecule has 23 heavy (non-hydrogen) atoms. The summed E-state index contributed by atoms with van der Waals surface area (Å²) in [7, 11) is 0. The average molecular weight is 377 g/mol. The molecule has 3 nitrogen and oxygen atoms in total. The molecule has 0 bridgehead atoms. The summed E-state index contributed by atoms with van der Waals surface area (Å²) in [6.45, 7) is 0.849. The van der Waals surface area contributed by atoms with Gasteiger partial charge in [0.05, 0.1) is 4.47 Å². The number of rotatable bonds is 4. The first-order valence-electron chi connectivity index (χ1n) is 6.87. The van der Waals surface area contributed by atoms with Gasteiger partial charge in [0.15, 0.2) is 0 Å². The van der Waals surface area contributed by atoms with Gasteiger partial charge in [0.1, 0.15) is 24.8 Å². The predicted molar refractivity (Wildman–Crippen MR) is 89.3 cm³/mol. The number of alkyl halides is 1. The van der Waals surface area contributed by atoms with Crippen molar-refractivity contribution >= 4 is 21.9 Å². The van der Waals surface area contributed by atoms with Crippen LogP contribution in [0.25, 0.3) is 0 Å². The summed E-state index contributed by atoms with van der Waals surface area (Å²) in [6, 6.07) is 12.3. The molecule has 0 radical (unpaired) electrons. The fourth-order valence-corrected chi connectivity index (χ4v) is 2.25. The highest BCUT2D eigenvalue weighted by Crippen LogP contribution is 2.25. The molecule has 0 amide bonds. The third kappa shape index (κ3) is 5.42. The van der Waals surface area contributed by atoms with Crippen molar-refractivity contribution in [1.82, 2.24) is 0 Å². The van der Waals surface area contributed by atoms with Crippen molar-refractivity contribution in [2.45, 2.75) is 6.92 Å². The molecule has 2 aromatic carbocycles. The second-order valence-corrected chi connectivity index (χ2v) is 5.41. The standard InChI is InChI=1S/C18H14BrFO3/c1-13(21)23-16-7-4-14(5-8-16)2-3-15-6-9-18(17(19)12-15)22-11-10-20/h4-9,12H,10-11H2,1H3. The van der Waals surface area contributed by atoms with Gasteiger partial charge in [0, 0.05) is 18.1 Å². The maximum atomic E-state index is 12.1. The molecule has 0 aliphatic rings. The summed E-state index contributed by atoms with van der Waals surface area (Å²) >= 11 is 3.37. The van der Waals surface area contributed by atoms with E-state index in [2.05, 4.69) is 27.8 Å². The molecule has 118 valence electrons. The minimum absolute atomic E-state index is 0.0261. The quantitative estimate of drug-likeness (QED) is 0.457. The Balaban J connectivity index is 2.09. The van der Waals surface area contributed by atoms with E-state index in [1.54, 1.807) is 36.4 Å². The number of ether oxygens (including phenoxy) is 2. The number of benzene rings is 2. The van der Waals surface area contributed by atoms with E-state index < -0.39 is 6.67 Å². The molecule has 0 spiro atoms. The number of hydrogen-bond donors (Lipinski definition) is 0. The zero-order valence-electron chi connectivity index (χ0n) is 12.4. The van der Waals surface area contributed by atoms with Crippen molar-refractivity contribution < 1.29 is 18.7 Å². The van der Waals surface area contributed by atoms with E-state index in [0.717, 1.165) is 15.6 Å². The van der Waals surface area contributed by atoms with Crippen LogP contribution in [0.4, 0.5) is 4.39 Å². The zero-order chi connectivity index (χ0) is 16.7. The lowest BCUT2D eigenvalue weighted by molar-refractivity contribution is -0.131. The van der Waals surface area contributed by atoms with E-state index in [0.29, 0.717) is 11.5 Å². The van der Waals surface area contributed by atoms with Crippen LogP contribution in [0, 0.1) is 11.8 Å². The Kier molecular flexibility index (Phi) is 6.19. The fourth-order valence-electron chi connectivity index (χ4n) is 1.76. The molecule has 0 fully saturated rings. The molecule has 0 atom stereocenters. The van der Waals surface area contributed by atoms with Gasteiger partial charge in [-0.05, 0) is 58.4 Å². The third-order valence-electron chi connectivity index (χ3n) is 2.73. The lowest BCUT2D eigenvalue weighted by Crippen LogP contribution is -2.00.